The number of hydrogen-bond donors (Lipinski definition) is 1. The number of aromatic nitrogens is 1. The van der Waals surface area contributed by atoms with Crippen LogP contribution in [-0.2, 0) is 10.0 Å². The lowest BCUT2D eigenvalue weighted by molar-refractivity contribution is 0.0461. The number of benzene rings is 2. The van der Waals surface area contributed by atoms with Crippen molar-refractivity contribution in [1.82, 2.24) is 14.8 Å². The van der Waals surface area contributed by atoms with Crippen LogP contribution in [0.1, 0.15) is 43.0 Å². The molecule has 1 aliphatic heterocycles. The fourth-order valence-corrected chi connectivity index (χ4v) is 6.65. The summed E-state index contributed by atoms with van der Waals surface area (Å²) in [5.41, 5.74) is 1.40. The zero-order chi connectivity index (χ0) is 24.4. The normalized spacial score (nSPS) is 19.8. The van der Waals surface area contributed by atoms with Crippen LogP contribution in [-0.4, -0.2) is 61.3 Å². The van der Waals surface area contributed by atoms with Gasteiger partial charge in [-0.25, -0.2) is 8.42 Å². The molecule has 3 aromatic rings. The molecule has 0 unspecified atom stereocenters. The monoisotopic (exact) mass is 492 g/mol. The Hall–Kier alpha value is -2.97. The molecule has 0 bridgehead atoms. The topological polar surface area (TPSA) is 82.6 Å². The van der Waals surface area contributed by atoms with Crippen molar-refractivity contribution in [3.63, 3.8) is 0 Å². The number of piperazine rings is 1. The number of rotatable bonds is 6. The number of fused-ring (bicyclic) bond motifs is 1. The van der Waals surface area contributed by atoms with Gasteiger partial charge in [0.15, 0.2) is 0 Å². The van der Waals surface area contributed by atoms with Gasteiger partial charge < -0.3 is 4.90 Å². The molecule has 1 N–H and O–H groups in total. The fourth-order valence-electron chi connectivity index (χ4n) is 5.41. The van der Waals surface area contributed by atoms with Crippen molar-refractivity contribution in [2.24, 2.45) is 5.92 Å². The quantitative estimate of drug-likeness (QED) is 0.553. The molecule has 35 heavy (non-hydrogen) atoms. The first-order valence-corrected chi connectivity index (χ1v) is 13.9. The summed E-state index contributed by atoms with van der Waals surface area (Å²) in [7, 11) is -3.83. The molecule has 0 spiro atoms. The molecule has 7 nitrogen and oxygen atoms in total. The number of nitrogens with one attached hydrogen (secondary N) is 1. The highest BCUT2D eigenvalue weighted by Crippen LogP contribution is 2.27. The second-order valence-electron chi connectivity index (χ2n) is 9.77. The smallest absolute Gasteiger partial charge is 0.264 e. The van der Waals surface area contributed by atoms with Crippen molar-refractivity contribution < 1.29 is 13.2 Å². The maximum Gasteiger partial charge on any atom is 0.264 e. The summed E-state index contributed by atoms with van der Waals surface area (Å²) < 4.78 is 28.7. The Morgan fingerprint density at radius 1 is 1.03 bits per heavy atom. The first kappa shape index (κ1) is 23.8. The lowest BCUT2D eigenvalue weighted by Gasteiger charge is -2.40. The standard InChI is InChI=1S/C27H32N4O3S/c1-20-18-30(19-21-6-2-3-7-21)16-17-31(20)27(32)23-11-13-24(14-12-23)29-35(33,34)25-10-4-8-22-9-5-15-28-26(22)25/h4-5,8-15,20-21,29H,2-3,6-7,16-19H2,1H3/t20-/m1/s1. The van der Waals surface area contributed by atoms with Crippen molar-refractivity contribution in [2.75, 3.05) is 30.9 Å². The highest BCUT2D eigenvalue weighted by atomic mass is 32.2. The number of carbonyl (C=O) groups excluding carboxylic acids is 1. The second kappa shape index (κ2) is 9.95. The van der Waals surface area contributed by atoms with E-state index in [0.717, 1.165) is 37.5 Å². The minimum Gasteiger partial charge on any atom is -0.333 e. The van der Waals surface area contributed by atoms with E-state index < -0.39 is 10.0 Å². The van der Waals surface area contributed by atoms with Crippen LogP contribution in [0.15, 0.2) is 65.7 Å². The van der Waals surface area contributed by atoms with Crippen molar-refractivity contribution in [3.8, 4) is 0 Å². The second-order valence-corrected chi connectivity index (χ2v) is 11.4. The van der Waals surface area contributed by atoms with E-state index in [9.17, 15) is 13.2 Å². The summed E-state index contributed by atoms with van der Waals surface area (Å²) in [4.78, 5) is 22.0. The Bertz CT molecular complexity index is 1300. The molecule has 1 atom stereocenters. The van der Waals surface area contributed by atoms with E-state index in [0.29, 0.717) is 16.8 Å². The molecule has 1 aliphatic carbocycles. The van der Waals surface area contributed by atoms with Crippen LogP contribution in [0.4, 0.5) is 5.69 Å². The Kier molecular flexibility index (Phi) is 6.75. The van der Waals surface area contributed by atoms with E-state index in [-0.39, 0.29) is 16.8 Å². The third-order valence-corrected chi connectivity index (χ3v) is 8.65. The van der Waals surface area contributed by atoms with Crippen LogP contribution in [0.5, 0.6) is 0 Å². The van der Waals surface area contributed by atoms with Gasteiger partial charge in [-0.15, -0.1) is 0 Å². The zero-order valence-electron chi connectivity index (χ0n) is 20.1. The zero-order valence-corrected chi connectivity index (χ0v) is 20.9. The third-order valence-electron chi connectivity index (χ3n) is 7.23. The Morgan fingerprint density at radius 3 is 2.51 bits per heavy atom. The number of nitrogens with zero attached hydrogens (tertiary/aromatic N) is 3. The number of carbonyl (C=O) groups is 1. The molecule has 5 rings (SSSR count). The SMILES string of the molecule is C[C@@H]1CN(CC2CCCC2)CCN1C(=O)c1ccc(NS(=O)(=O)c2cccc3cccnc23)cc1. The maximum absolute atomic E-state index is 13.2. The van der Waals surface area contributed by atoms with Crippen LogP contribution in [0.25, 0.3) is 10.9 Å². The Morgan fingerprint density at radius 2 is 1.77 bits per heavy atom. The summed E-state index contributed by atoms with van der Waals surface area (Å²) in [6.07, 6.45) is 6.95. The van der Waals surface area contributed by atoms with Crippen LogP contribution in [0, 0.1) is 5.92 Å². The van der Waals surface area contributed by atoms with E-state index in [4.69, 9.17) is 0 Å². The average Bonchev–Trinajstić information content (AvgIpc) is 3.37. The number of para-hydroxylation sites is 1. The van der Waals surface area contributed by atoms with Gasteiger partial charge >= 0.3 is 0 Å². The van der Waals surface area contributed by atoms with Crippen molar-refractivity contribution in [3.05, 3.63) is 66.4 Å². The third kappa shape index (κ3) is 5.18. The first-order chi connectivity index (χ1) is 16.9. The maximum atomic E-state index is 13.2. The van der Waals surface area contributed by atoms with E-state index in [1.54, 1.807) is 48.7 Å². The van der Waals surface area contributed by atoms with Crippen LogP contribution < -0.4 is 4.72 Å². The average molecular weight is 493 g/mol. The Labute approximate surface area is 207 Å². The Balaban J connectivity index is 1.24. The summed E-state index contributed by atoms with van der Waals surface area (Å²) in [5.74, 6) is 0.802. The molecular weight excluding hydrogens is 460 g/mol. The molecular formula is C27H32N4O3S. The number of sulfonamides is 1. The highest BCUT2D eigenvalue weighted by Gasteiger charge is 2.30. The summed E-state index contributed by atoms with van der Waals surface area (Å²) in [5, 5.41) is 0.758. The molecule has 184 valence electrons. The fraction of sp³-hybridized carbons (Fsp3) is 0.407. The lowest BCUT2D eigenvalue weighted by Crippen LogP contribution is -2.54. The predicted molar refractivity (Wildman–Crippen MR) is 138 cm³/mol. The molecule has 1 saturated carbocycles. The van der Waals surface area contributed by atoms with Gasteiger partial charge in [0.25, 0.3) is 15.9 Å². The molecule has 1 saturated heterocycles. The summed E-state index contributed by atoms with van der Waals surface area (Å²) in [6, 6.07) is 15.5. The minimum absolute atomic E-state index is 0.00863. The van der Waals surface area contributed by atoms with Gasteiger partial charge in [-0.3, -0.25) is 19.4 Å². The van der Waals surface area contributed by atoms with Crippen molar-refractivity contribution in [2.45, 2.75) is 43.5 Å². The van der Waals surface area contributed by atoms with Gasteiger partial charge in [0.1, 0.15) is 4.90 Å². The lowest BCUT2D eigenvalue weighted by atomic mass is 10.1. The minimum atomic E-state index is -3.83. The van der Waals surface area contributed by atoms with Gasteiger partial charge in [-0.05, 0) is 62.1 Å². The van der Waals surface area contributed by atoms with Gasteiger partial charge in [-0.1, -0.05) is 31.0 Å². The molecule has 8 heteroatoms. The number of pyridine rings is 1. The molecule has 2 aliphatic rings. The van der Waals surface area contributed by atoms with Crippen LogP contribution >= 0.6 is 0 Å². The van der Waals surface area contributed by atoms with E-state index in [2.05, 4.69) is 21.5 Å². The molecule has 0 radical (unpaired) electrons. The highest BCUT2D eigenvalue weighted by molar-refractivity contribution is 7.93. The van der Waals surface area contributed by atoms with E-state index in [1.165, 1.54) is 25.7 Å². The predicted octanol–water partition coefficient (Wildman–Crippen LogP) is 4.37. The molecule has 1 amide bonds. The van der Waals surface area contributed by atoms with Crippen LogP contribution in [0.2, 0.25) is 0 Å². The number of hydrogen-bond acceptors (Lipinski definition) is 5. The number of anilines is 1. The van der Waals surface area contributed by atoms with Crippen LogP contribution in [0.3, 0.4) is 0 Å². The molecule has 2 fully saturated rings. The summed E-state index contributed by atoms with van der Waals surface area (Å²) >= 11 is 0. The number of amides is 1. The first-order valence-electron chi connectivity index (χ1n) is 12.4. The molecule has 2 heterocycles. The van der Waals surface area contributed by atoms with Crippen molar-refractivity contribution in [1.29, 1.82) is 0 Å². The van der Waals surface area contributed by atoms with Crippen molar-refractivity contribution >= 4 is 32.5 Å². The molecule has 2 aromatic carbocycles. The van der Waals surface area contributed by atoms with Gasteiger partial charge in [0.2, 0.25) is 0 Å². The van der Waals surface area contributed by atoms with Gasteiger partial charge in [0.05, 0.1) is 5.52 Å². The van der Waals surface area contributed by atoms with Gasteiger partial charge in [-0.2, -0.15) is 0 Å². The van der Waals surface area contributed by atoms with E-state index in [1.807, 2.05) is 17.0 Å². The molecule has 1 aromatic heterocycles. The van der Waals surface area contributed by atoms with Gasteiger partial charge in [0, 0.05) is 55.1 Å². The largest absolute Gasteiger partial charge is 0.333 e. The summed E-state index contributed by atoms with van der Waals surface area (Å²) in [6.45, 7) is 5.78. The van der Waals surface area contributed by atoms with E-state index >= 15 is 0 Å².